The van der Waals surface area contributed by atoms with Crippen LogP contribution in [0.4, 0.5) is 0 Å². The van der Waals surface area contributed by atoms with E-state index >= 15 is 0 Å². The van der Waals surface area contributed by atoms with Crippen molar-refractivity contribution < 1.29 is 9.53 Å². The highest BCUT2D eigenvalue weighted by Gasteiger charge is 2.05. The maximum atomic E-state index is 10.7. The third-order valence-corrected chi connectivity index (χ3v) is 2.05. The van der Waals surface area contributed by atoms with Crippen molar-refractivity contribution in [3.05, 3.63) is 28.8 Å². The fourth-order valence-corrected chi connectivity index (χ4v) is 1.32. The Balaban J connectivity index is 3.08. The van der Waals surface area contributed by atoms with Crippen molar-refractivity contribution >= 4 is 6.29 Å². The highest BCUT2D eigenvalue weighted by molar-refractivity contribution is 5.78. The van der Waals surface area contributed by atoms with Crippen LogP contribution in [0.2, 0.25) is 0 Å². The van der Waals surface area contributed by atoms with Gasteiger partial charge in [0.2, 0.25) is 0 Å². The number of ether oxygens (including phenoxy) is 1. The molecule has 0 N–H and O–H groups in total. The highest BCUT2D eigenvalue weighted by atomic mass is 16.5. The van der Waals surface area contributed by atoms with Crippen LogP contribution in [0.25, 0.3) is 0 Å². The first kappa shape index (κ1) is 10.8. The summed E-state index contributed by atoms with van der Waals surface area (Å²) in [6, 6.07) is 3.78. The lowest BCUT2D eigenvalue weighted by atomic mass is 10.1. The number of benzene rings is 1. The molecule has 0 amide bonds. The van der Waals surface area contributed by atoms with E-state index in [-0.39, 0.29) is 6.10 Å². The molecule has 0 heterocycles. The molecular formula is C12H16O2. The second-order valence-corrected chi connectivity index (χ2v) is 3.76. The standard InChI is InChI=1S/C12H16O2/c1-8(2)14-12-6-9(3)11(7-13)5-10(12)4/h5-8H,1-4H3. The minimum atomic E-state index is 0.162. The smallest absolute Gasteiger partial charge is 0.150 e. The second kappa shape index (κ2) is 4.27. The molecule has 2 nitrogen and oxygen atoms in total. The van der Waals surface area contributed by atoms with E-state index in [1.165, 1.54) is 0 Å². The Kier molecular flexibility index (Phi) is 3.28. The molecule has 14 heavy (non-hydrogen) atoms. The van der Waals surface area contributed by atoms with E-state index in [1.807, 2.05) is 39.8 Å². The molecule has 0 saturated carbocycles. The van der Waals surface area contributed by atoms with Gasteiger partial charge in [-0.15, -0.1) is 0 Å². The topological polar surface area (TPSA) is 26.3 Å². The number of aryl methyl sites for hydroxylation is 2. The van der Waals surface area contributed by atoms with Gasteiger partial charge in [0, 0.05) is 5.56 Å². The first-order chi connectivity index (χ1) is 6.54. The van der Waals surface area contributed by atoms with Gasteiger partial charge < -0.3 is 4.74 Å². The van der Waals surface area contributed by atoms with Crippen LogP contribution in [0.1, 0.15) is 35.3 Å². The van der Waals surface area contributed by atoms with Crippen molar-refractivity contribution in [2.45, 2.75) is 33.8 Å². The lowest BCUT2D eigenvalue weighted by molar-refractivity contribution is 0.112. The Morgan fingerprint density at radius 2 is 1.86 bits per heavy atom. The molecule has 0 saturated heterocycles. The summed E-state index contributed by atoms with van der Waals surface area (Å²) in [5.41, 5.74) is 2.70. The SMILES string of the molecule is Cc1cc(OC(C)C)c(C)cc1C=O. The van der Waals surface area contributed by atoms with Crippen molar-refractivity contribution in [1.82, 2.24) is 0 Å². The van der Waals surface area contributed by atoms with E-state index in [0.29, 0.717) is 0 Å². The lowest BCUT2D eigenvalue weighted by Gasteiger charge is -2.13. The second-order valence-electron chi connectivity index (χ2n) is 3.76. The molecule has 0 aliphatic rings. The lowest BCUT2D eigenvalue weighted by Crippen LogP contribution is -2.07. The molecule has 0 aromatic heterocycles. The number of carbonyl (C=O) groups excluding carboxylic acids is 1. The van der Waals surface area contributed by atoms with E-state index in [4.69, 9.17) is 4.74 Å². The van der Waals surface area contributed by atoms with Gasteiger partial charge in [-0.2, -0.15) is 0 Å². The first-order valence-electron chi connectivity index (χ1n) is 4.77. The minimum absolute atomic E-state index is 0.162. The van der Waals surface area contributed by atoms with Gasteiger partial charge in [-0.3, -0.25) is 4.79 Å². The number of carbonyl (C=O) groups is 1. The van der Waals surface area contributed by atoms with Crippen molar-refractivity contribution in [1.29, 1.82) is 0 Å². The normalized spacial score (nSPS) is 10.4. The van der Waals surface area contributed by atoms with E-state index in [0.717, 1.165) is 28.7 Å². The zero-order chi connectivity index (χ0) is 10.7. The van der Waals surface area contributed by atoms with Gasteiger partial charge in [0.25, 0.3) is 0 Å². The van der Waals surface area contributed by atoms with Gasteiger partial charge in [-0.1, -0.05) is 0 Å². The van der Waals surface area contributed by atoms with Crippen LogP contribution in [0.5, 0.6) is 5.75 Å². The molecule has 0 unspecified atom stereocenters. The predicted octanol–water partition coefficient (Wildman–Crippen LogP) is 2.90. The van der Waals surface area contributed by atoms with Crippen molar-refractivity contribution in [2.24, 2.45) is 0 Å². The maximum absolute atomic E-state index is 10.7. The number of hydrogen-bond acceptors (Lipinski definition) is 2. The summed E-state index contributed by atoms with van der Waals surface area (Å²) >= 11 is 0. The molecule has 76 valence electrons. The van der Waals surface area contributed by atoms with E-state index in [1.54, 1.807) is 0 Å². The fourth-order valence-electron chi connectivity index (χ4n) is 1.32. The molecule has 1 rings (SSSR count). The third-order valence-electron chi connectivity index (χ3n) is 2.05. The molecule has 0 aliphatic carbocycles. The molecule has 2 heteroatoms. The number of hydrogen-bond donors (Lipinski definition) is 0. The van der Waals surface area contributed by atoms with Crippen LogP contribution in [-0.4, -0.2) is 12.4 Å². The zero-order valence-electron chi connectivity index (χ0n) is 9.13. The highest BCUT2D eigenvalue weighted by Crippen LogP contribution is 2.22. The van der Waals surface area contributed by atoms with Crippen LogP contribution in [-0.2, 0) is 0 Å². The Morgan fingerprint density at radius 3 is 2.36 bits per heavy atom. The van der Waals surface area contributed by atoms with Gasteiger partial charge >= 0.3 is 0 Å². The summed E-state index contributed by atoms with van der Waals surface area (Å²) in [7, 11) is 0. The van der Waals surface area contributed by atoms with Crippen molar-refractivity contribution in [3.63, 3.8) is 0 Å². The molecule has 1 aromatic carbocycles. The summed E-state index contributed by atoms with van der Waals surface area (Å²) in [5, 5.41) is 0. The average Bonchev–Trinajstić information content (AvgIpc) is 2.10. The summed E-state index contributed by atoms with van der Waals surface area (Å²) < 4.78 is 5.61. The van der Waals surface area contributed by atoms with E-state index < -0.39 is 0 Å². The Hall–Kier alpha value is -1.31. The molecule has 1 aromatic rings. The summed E-state index contributed by atoms with van der Waals surface area (Å²) in [4.78, 5) is 10.7. The van der Waals surface area contributed by atoms with Crippen molar-refractivity contribution in [2.75, 3.05) is 0 Å². The first-order valence-corrected chi connectivity index (χ1v) is 4.77. The maximum Gasteiger partial charge on any atom is 0.150 e. The molecule has 0 radical (unpaired) electrons. The summed E-state index contributed by atoms with van der Waals surface area (Å²) in [6.45, 7) is 7.84. The molecule has 0 bridgehead atoms. The van der Waals surface area contributed by atoms with Gasteiger partial charge in [-0.05, 0) is 51.0 Å². The van der Waals surface area contributed by atoms with Gasteiger partial charge in [0.15, 0.2) is 0 Å². The Bertz CT molecular complexity index is 340. The van der Waals surface area contributed by atoms with Crippen LogP contribution in [0, 0.1) is 13.8 Å². The van der Waals surface area contributed by atoms with E-state index in [2.05, 4.69) is 0 Å². The third kappa shape index (κ3) is 2.34. The van der Waals surface area contributed by atoms with Crippen LogP contribution in [0.3, 0.4) is 0 Å². The average molecular weight is 192 g/mol. The predicted molar refractivity (Wildman–Crippen MR) is 57.1 cm³/mol. The molecular weight excluding hydrogens is 176 g/mol. The minimum Gasteiger partial charge on any atom is -0.491 e. The molecule has 0 spiro atoms. The monoisotopic (exact) mass is 192 g/mol. The van der Waals surface area contributed by atoms with Gasteiger partial charge in [-0.25, -0.2) is 0 Å². The number of rotatable bonds is 3. The van der Waals surface area contributed by atoms with Crippen molar-refractivity contribution in [3.8, 4) is 5.75 Å². The summed E-state index contributed by atoms with van der Waals surface area (Å²) in [5.74, 6) is 0.864. The van der Waals surface area contributed by atoms with Crippen LogP contribution >= 0.6 is 0 Å². The summed E-state index contributed by atoms with van der Waals surface area (Å²) in [6.07, 6.45) is 1.04. The quantitative estimate of drug-likeness (QED) is 0.688. The van der Waals surface area contributed by atoms with E-state index in [9.17, 15) is 4.79 Å². The Morgan fingerprint density at radius 1 is 1.21 bits per heavy atom. The molecule has 0 atom stereocenters. The fraction of sp³-hybridized carbons (Fsp3) is 0.417. The van der Waals surface area contributed by atoms with Gasteiger partial charge in [0.05, 0.1) is 6.10 Å². The molecule has 0 aliphatic heterocycles. The number of aldehydes is 1. The molecule has 0 fully saturated rings. The largest absolute Gasteiger partial charge is 0.491 e. The Labute approximate surface area is 84.9 Å². The van der Waals surface area contributed by atoms with Crippen LogP contribution in [0.15, 0.2) is 12.1 Å². The van der Waals surface area contributed by atoms with Crippen LogP contribution < -0.4 is 4.74 Å². The van der Waals surface area contributed by atoms with Gasteiger partial charge in [0.1, 0.15) is 12.0 Å². The zero-order valence-corrected chi connectivity index (χ0v) is 9.13.